The maximum atomic E-state index is 5.91. The second-order valence-corrected chi connectivity index (χ2v) is 5.65. The minimum Gasteiger partial charge on any atom is -0.488 e. The Bertz CT molecular complexity index is 415. The van der Waals surface area contributed by atoms with E-state index < -0.39 is 0 Å². The zero-order chi connectivity index (χ0) is 13.2. The van der Waals surface area contributed by atoms with Gasteiger partial charge in [-0.1, -0.05) is 17.7 Å². The summed E-state index contributed by atoms with van der Waals surface area (Å²) in [7, 11) is 1.74. The molecule has 0 radical (unpaired) electrons. The Morgan fingerprint density at radius 2 is 2.22 bits per heavy atom. The van der Waals surface area contributed by atoms with E-state index in [1.54, 1.807) is 7.11 Å². The standard InChI is InChI=1S/C15H23NO2/c1-11-5-6-14-12(7-11)8-13(18-14)9-16-10-15(2,3)17-4/h5-7,13,16H,8-10H2,1-4H3. The average molecular weight is 249 g/mol. The number of hydrogen-bond acceptors (Lipinski definition) is 3. The van der Waals surface area contributed by atoms with Crippen molar-refractivity contribution in [3.05, 3.63) is 29.3 Å². The highest BCUT2D eigenvalue weighted by Crippen LogP contribution is 2.29. The first kappa shape index (κ1) is 13.4. The number of fused-ring (bicyclic) bond motifs is 1. The molecule has 3 heteroatoms. The fraction of sp³-hybridized carbons (Fsp3) is 0.600. The van der Waals surface area contributed by atoms with Crippen molar-refractivity contribution in [3.63, 3.8) is 0 Å². The Hall–Kier alpha value is -1.06. The minimum absolute atomic E-state index is 0.123. The van der Waals surface area contributed by atoms with Gasteiger partial charge >= 0.3 is 0 Å². The molecule has 1 heterocycles. The molecule has 1 aliphatic heterocycles. The molecule has 0 amide bonds. The van der Waals surface area contributed by atoms with Crippen molar-refractivity contribution in [3.8, 4) is 5.75 Å². The predicted molar refractivity (Wildman–Crippen MR) is 73.3 cm³/mol. The summed E-state index contributed by atoms with van der Waals surface area (Å²) in [6, 6.07) is 6.39. The van der Waals surface area contributed by atoms with Crippen molar-refractivity contribution < 1.29 is 9.47 Å². The van der Waals surface area contributed by atoms with Gasteiger partial charge in [0, 0.05) is 26.6 Å². The van der Waals surface area contributed by atoms with Gasteiger partial charge in [-0.25, -0.2) is 0 Å². The maximum absolute atomic E-state index is 5.91. The van der Waals surface area contributed by atoms with E-state index in [0.29, 0.717) is 0 Å². The second kappa shape index (κ2) is 5.29. The van der Waals surface area contributed by atoms with Crippen LogP contribution in [0.4, 0.5) is 0 Å². The van der Waals surface area contributed by atoms with Crippen LogP contribution in [0, 0.1) is 6.92 Å². The molecule has 18 heavy (non-hydrogen) atoms. The zero-order valence-corrected chi connectivity index (χ0v) is 11.7. The highest BCUT2D eigenvalue weighted by Gasteiger charge is 2.23. The van der Waals surface area contributed by atoms with Gasteiger partial charge in [0.1, 0.15) is 11.9 Å². The van der Waals surface area contributed by atoms with Crippen LogP contribution < -0.4 is 10.1 Å². The topological polar surface area (TPSA) is 30.5 Å². The summed E-state index contributed by atoms with van der Waals surface area (Å²) in [5.74, 6) is 1.04. The molecular weight excluding hydrogens is 226 g/mol. The fourth-order valence-electron chi connectivity index (χ4n) is 2.17. The van der Waals surface area contributed by atoms with Crippen LogP contribution in [0.3, 0.4) is 0 Å². The summed E-state index contributed by atoms with van der Waals surface area (Å²) < 4.78 is 11.3. The number of rotatable bonds is 5. The smallest absolute Gasteiger partial charge is 0.123 e. The molecule has 0 aromatic heterocycles. The second-order valence-electron chi connectivity index (χ2n) is 5.65. The molecule has 2 rings (SSSR count). The van der Waals surface area contributed by atoms with E-state index in [2.05, 4.69) is 44.3 Å². The molecule has 1 N–H and O–H groups in total. The molecule has 0 bridgehead atoms. The highest BCUT2D eigenvalue weighted by atomic mass is 16.5. The van der Waals surface area contributed by atoms with Gasteiger partial charge in [-0.2, -0.15) is 0 Å². The first-order valence-electron chi connectivity index (χ1n) is 6.52. The van der Waals surface area contributed by atoms with Gasteiger partial charge in [-0.3, -0.25) is 0 Å². The Balaban J connectivity index is 1.81. The van der Waals surface area contributed by atoms with Gasteiger partial charge < -0.3 is 14.8 Å². The van der Waals surface area contributed by atoms with Gasteiger partial charge in [-0.05, 0) is 32.4 Å². The molecule has 0 saturated heterocycles. The SMILES string of the molecule is COC(C)(C)CNCC1Cc2cc(C)ccc2O1. The molecule has 0 aliphatic carbocycles. The van der Waals surface area contributed by atoms with E-state index in [1.807, 2.05) is 0 Å². The van der Waals surface area contributed by atoms with E-state index >= 15 is 0 Å². The Labute approximate surface area is 109 Å². The Morgan fingerprint density at radius 3 is 2.94 bits per heavy atom. The summed E-state index contributed by atoms with van der Waals surface area (Å²) in [6.45, 7) is 7.97. The van der Waals surface area contributed by atoms with Gasteiger partial charge in [0.05, 0.1) is 5.60 Å². The largest absolute Gasteiger partial charge is 0.488 e. The molecule has 0 saturated carbocycles. The summed E-state index contributed by atoms with van der Waals surface area (Å²) >= 11 is 0. The lowest BCUT2D eigenvalue weighted by Crippen LogP contribution is -2.40. The van der Waals surface area contributed by atoms with Crippen molar-refractivity contribution in [2.24, 2.45) is 0 Å². The third-order valence-electron chi connectivity index (χ3n) is 3.43. The number of hydrogen-bond donors (Lipinski definition) is 1. The predicted octanol–water partition coefficient (Wildman–Crippen LogP) is 2.31. The van der Waals surface area contributed by atoms with E-state index in [4.69, 9.17) is 9.47 Å². The van der Waals surface area contributed by atoms with Gasteiger partial charge in [0.2, 0.25) is 0 Å². The Morgan fingerprint density at radius 1 is 1.44 bits per heavy atom. The maximum Gasteiger partial charge on any atom is 0.123 e. The number of aryl methyl sites for hydroxylation is 1. The molecule has 3 nitrogen and oxygen atoms in total. The van der Waals surface area contributed by atoms with Crippen molar-refractivity contribution in [1.29, 1.82) is 0 Å². The van der Waals surface area contributed by atoms with Crippen LogP contribution in [-0.4, -0.2) is 31.9 Å². The number of ether oxygens (including phenoxy) is 2. The van der Waals surface area contributed by atoms with Crippen LogP contribution in [0.25, 0.3) is 0 Å². The molecule has 0 spiro atoms. The molecule has 100 valence electrons. The van der Waals surface area contributed by atoms with Crippen LogP contribution in [-0.2, 0) is 11.2 Å². The highest BCUT2D eigenvalue weighted by molar-refractivity contribution is 5.40. The summed E-state index contributed by atoms with van der Waals surface area (Å²) in [5.41, 5.74) is 2.50. The normalized spacial score (nSPS) is 18.6. The fourth-order valence-corrected chi connectivity index (χ4v) is 2.17. The molecule has 1 atom stereocenters. The van der Waals surface area contributed by atoms with Crippen molar-refractivity contribution in [2.45, 2.75) is 38.9 Å². The minimum atomic E-state index is -0.123. The molecule has 1 aromatic carbocycles. The van der Waals surface area contributed by atoms with Crippen LogP contribution in [0.2, 0.25) is 0 Å². The number of nitrogens with one attached hydrogen (secondary N) is 1. The van der Waals surface area contributed by atoms with Gasteiger partial charge in [0.15, 0.2) is 0 Å². The van der Waals surface area contributed by atoms with E-state index in [1.165, 1.54) is 11.1 Å². The lowest BCUT2D eigenvalue weighted by atomic mass is 10.1. The first-order valence-corrected chi connectivity index (χ1v) is 6.52. The van der Waals surface area contributed by atoms with Crippen LogP contribution in [0.1, 0.15) is 25.0 Å². The van der Waals surface area contributed by atoms with E-state index in [9.17, 15) is 0 Å². The monoisotopic (exact) mass is 249 g/mol. The summed E-state index contributed by atoms with van der Waals surface area (Å²) in [5, 5.41) is 3.42. The van der Waals surface area contributed by atoms with Crippen LogP contribution in [0.15, 0.2) is 18.2 Å². The van der Waals surface area contributed by atoms with E-state index in [-0.39, 0.29) is 11.7 Å². The lowest BCUT2D eigenvalue weighted by molar-refractivity contribution is 0.0217. The molecule has 1 unspecified atom stereocenters. The lowest BCUT2D eigenvalue weighted by Gasteiger charge is -2.24. The van der Waals surface area contributed by atoms with E-state index in [0.717, 1.165) is 25.3 Å². The van der Waals surface area contributed by atoms with Gasteiger partial charge in [-0.15, -0.1) is 0 Å². The first-order chi connectivity index (χ1) is 8.50. The Kier molecular flexibility index (Phi) is 3.93. The van der Waals surface area contributed by atoms with Crippen molar-refractivity contribution in [1.82, 2.24) is 5.32 Å². The van der Waals surface area contributed by atoms with Crippen LogP contribution in [0.5, 0.6) is 5.75 Å². The summed E-state index contributed by atoms with van der Waals surface area (Å²) in [6.07, 6.45) is 1.24. The summed E-state index contributed by atoms with van der Waals surface area (Å²) in [4.78, 5) is 0. The third-order valence-corrected chi connectivity index (χ3v) is 3.43. The number of methoxy groups -OCH3 is 1. The molecule has 1 aliphatic rings. The number of benzene rings is 1. The molecule has 0 fully saturated rings. The van der Waals surface area contributed by atoms with Crippen molar-refractivity contribution in [2.75, 3.05) is 20.2 Å². The van der Waals surface area contributed by atoms with Gasteiger partial charge in [0.25, 0.3) is 0 Å². The van der Waals surface area contributed by atoms with Crippen LogP contribution >= 0.6 is 0 Å². The van der Waals surface area contributed by atoms with Crippen molar-refractivity contribution >= 4 is 0 Å². The quantitative estimate of drug-likeness (QED) is 0.868. The molecular formula is C15H23NO2. The zero-order valence-electron chi connectivity index (χ0n) is 11.7. The molecule has 1 aromatic rings. The third kappa shape index (κ3) is 3.24. The average Bonchev–Trinajstić information content (AvgIpc) is 2.70.